The summed E-state index contributed by atoms with van der Waals surface area (Å²) in [7, 11) is 0. The minimum absolute atomic E-state index is 0.207. The largest absolute Gasteiger partial charge is 0.392 e. The quantitative estimate of drug-likeness (QED) is 0.686. The molecular weight excluding hydrogens is 202 g/mol. The normalized spacial score (nSPS) is 34.9. The molecule has 2 saturated carbocycles. The van der Waals surface area contributed by atoms with Crippen LogP contribution in [0.4, 0.5) is 0 Å². The number of aliphatic hydroxyl groups is 2. The SMILES string of the molecule is O[C@@H]1CCCC[C@H]1NCC1(O)CCCCC1. The molecular formula is C13H25NO2. The molecule has 0 radical (unpaired) electrons. The van der Waals surface area contributed by atoms with Crippen LogP contribution in [0.25, 0.3) is 0 Å². The highest BCUT2D eigenvalue weighted by Gasteiger charge is 2.31. The van der Waals surface area contributed by atoms with Crippen LogP contribution < -0.4 is 5.32 Å². The molecule has 2 fully saturated rings. The van der Waals surface area contributed by atoms with Gasteiger partial charge in [-0.15, -0.1) is 0 Å². The number of rotatable bonds is 3. The van der Waals surface area contributed by atoms with Gasteiger partial charge in [-0.1, -0.05) is 32.1 Å². The summed E-state index contributed by atoms with van der Waals surface area (Å²) in [6, 6.07) is 0.208. The first kappa shape index (κ1) is 12.3. The molecule has 2 aliphatic rings. The highest BCUT2D eigenvalue weighted by atomic mass is 16.3. The summed E-state index contributed by atoms with van der Waals surface area (Å²) in [6.45, 7) is 0.661. The zero-order valence-electron chi connectivity index (χ0n) is 10.1. The van der Waals surface area contributed by atoms with Crippen molar-refractivity contribution in [1.29, 1.82) is 0 Å². The van der Waals surface area contributed by atoms with Crippen LogP contribution in [-0.4, -0.2) is 34.5 Å². The Hall–Kier alpha value is -0.120. The molecule has 0 aromatic heterocycles. The Morgan fingerprint density at radius 1 is 1.00 bits per heavy atom. The van der Waals surface area contributed by atoms with Crippen LogP contribution in [0, 0.1) is 0 Å². The van der Waals surface area contributed by atoms with Crippen molar-refractivity contribution in [2.45, 2.75) is 75.5 Å². The fraction of sp³-hybridized carbons (Fsp3) is 1.00. The molecule has 0 heterocycles. The topological polar surface area (TPSA) is 52.5 Å². The summed E-state index contributed by atoms with van der Waals surface area (Å²) in [4.78, 5) is 0. The van der Waals surface area contributed by atoms with Crippen LogP contribution in [0.15, 0.2) is 0 Å². The van der Waals surface area contributed by atoms with Gasteiger partial charge in [0.1, 0.15) is 0 Å². The lowest BCUT2D eigenvalue weighted by Gasteiger charge is -2.36. The van der Waals surface area contributed by atoms with Crippen molar-refractivity contribution in [3.63, 3.8) is 0 Å². The van der Waals surface area contributed by atoms with Gasteiger partial charge >= 0.3 is 0 Å². The van der Waals surface area contributed by atoms with E-state index in [0.29, 0.717) is 6.54 Å². The molecule has 3 heteroatoms. The molecule has 2 aliphatic carbocycles. The third-order valence-electron chi connectivity index (χ3n) is 4.21. The predicted molar refractivity (Wildman–Crippen MR) is 64.3 cm³/mol. The molecule has 2 atom stereocenters. The van der Waals surface area contributed by atoms with Gasteiger partial charge in [-0.25, -0.2) is 0 Å². The van der Waals surface area contributed by atoms with Crippen molar-refractivity contribution >= 4 is 0 Å². The van der Waals surface area contributed by atoms with E-state index in [2.05, 4.69) is 5.32 Å². The second-order valence-corrected chi connectivity index (χ2v) is 5.62. The second-order valence-electron chi connectivity index (χ2n) is 5.62. The average molecular weight is 227 g/mol. The first-order valence-electron chi connectivity index (χ1n) is 6.83. The molecule has 0 aromatic rings. The maximum absolute atomic E-state index is 10.3. The van der Waals surface area contributed by atoms with Crippen LogP contribution in [0.3, 0.4) is 0 Å². The zero-order chi connectivity index (χ0) is 11.4. The average Bonchev–Trinajstić information content (AvgIpc) is 2.29. The molecule has 0 aromatic carbocycles. The highest BCUT2D eigenvalue weighted by Crippen LogP contribution is 2.28. The van der Waals surface area contributed by atoms with E-state index in [1.165, 1.54) is 12.8 Å². The summed E-state index contributed by atoms with van der Waals surface area (Å²) < 4.78 is 0. The first-order valence-corrected chi connectivity index (χ1v) is 6.83. The molecule has 0 spiro atoms. The van der Waals surface area contributed by atoms with Gasteiger partial charge in [0, 0.05) is 12.6 Å². The third kappa shape index (κ3) is 3.19. The molecule has 94 valence electrons. The van der Waals surface area contributed by atoms with Crippen molar-refractivity contribution in [1.82, 2.24) is 5.32 Å². The summed E-state index contributed by atoms with van der Waals surface area (Å²) in [5, 5.41) is 23.6. The van der Waals surface area contributed by atoms with E-state index in [1.54, 1.807) is 0 Å². The molecule has 3 N–H and O–H groups in total. The van der Waals surface area contributed by atoms with E-state index >= 15 is 0 Å². The summed E-state index contributed by atoms with van der Waals surface area (Å²) in [5.74, 6) is 0. The van der Waals surface area contributed by atoms with Gasteiger partial charge in [0.2, 0.25) is 0 Å². The molecule has 0 aliphatic heterocycles. The van der Waals surface area contributed by atoms with E-state index in [0.717, 1.165) is 44.9 Å². The first-order chi connectivity index (χ1) is 7.70. The Bertz CT molecular complexity index is 214. The van der Waals surface area contributed by atoms with E-state index in [4.69, 9.17) is 0 Å². The van der Waals surface area contributed by atoms with Crippen LogP contribution in [0.5, 0.6) is 0 Å². The fourth-order valence-electron chi connectivity index (χ4n) is 3.06. The molecule has 0 bridgehead atoms. The van der Waals surface area contributed by atoms with Gasteiger partial charge in [0.15, 0.2) is 0 Å². The number of hydrogen-bond donors (Lipinski definition) is 3. The highest BCUT2D eigenvalue weighted by molar-refractivity contribution is 4.88. The standard InChI is InChI=1S/C13H25NO2/c15-12-7-3-2-6-11(12)14-10-13(16)8-4-1-5-9-13/h11-12,14-16H,1-10H2/t11-,12-/m1/s1. The van der Waals surface area contributed by atoms with Gasteiger partial charge in [0.25, 0.3) is 0 Å². The fourth-order valence-corrected chi connectivity index (χ4v) is 3.06. The van der Waals surface area contributed by atoms with E-state index in [-0.39, 0.29) is 12.1 Å². The van der Waals surface area contributed by atoms with Crippen LogP contribution in [0.1, 0.15) is 57.8 Å². The lowest BCUT2D eigenvalue weighted by molar-refractivity contribution is -0.00575. The van der Waals surface area contributed by atoms with Gasteiger partial charge in [0.05, 0.1) is 11.7 Å². The molecule has 16 heavy (non-hydrogen) atoms. The summed E-state index contributed by atoms with van der Waals surface area (Å²) in [5.41, 5.74) is -0.505. The molecule has 3 nitrogen and oxygen atoms in total. The maximum Gasteiger partial charge on any atom is 0.0771 e. The second kappa shape index (κ2) is 5.48. The molecule has 2 rings (SSSR count). The minimum atomic E-state index is -0.505. The Kier molecular flexibility index (Phi) is 4.22. The van der Waals surface area contributed by atoms with E-state index in [9.17, 15) is 10.2 Å². The van der Waals surface area contributed by atoms with Crippen molar-refractivity contribution in [2.24, 2.45) is 0 Å². The maximum atomic E-state index is 10.3. The number of aliphatic hydroxyl groups excluding tert-OH is 1. The minimum Gasteiger partial charge on any atom is -0.392 e. The van der Waals surface area contributed by atoms with Gasteiger partial charge in [-0.3, -0.25) is 0 Å². The Labute approximate surface area is 98.2 Å². The van der Waals surface area contributed by atoms with Gasteiger partial charge in [-0.2, -0.15) is 0 Å². The summed E-state index contributed by atoms with van der Waals surface area (Å²) >= 11 is 0. The van der Waals surface area contributed by atoms with Crippen molar-refractivity contribution in [3.05, 3.63) is 0 Å². The predicted octanol–water partition coefficient (Wildman–Crippen LogP) is 1.57. The van der Waals surface area contributed by atoms with Crippen LogP contribution in [-0.2, 0) is 0 Å². The van der Waals surface area contributed by atoms with Crippen molar-refractivity contribution in [3.8, 4) is 0 Å². The number of hydrogen-bond acceptors (Lipinski definition) is 3. The Morgan fingerprint density at radius 2 is 1.69 bits per heavy atom. The Morgan fingerprint density at radius 3 is 2.38 bits per heavy atom. The van der Waals surface area contributed by atoms with Gasteiger partial charge in [-0.05, 0) is 25.7 Å². The summed E-state index contributed by atoms with van der Waals surface area (Å²) in [6.07, 6.45) is 9.49. The van der Waals surface area contributed by atoms with Crippen LogP contribution in [0.2, 0.25) is 0 Å². The van der Waals surface area contributed by atoms with Crippen molar-refractivity contribution in [2.75, 3.05) is 6.54 Å². The molecule has 0 saturated heterocycles. The monoisotopic (exact) mass is 227 g/mol. The lowest BCUT2D eigenvalue weighted by atomic mass is 9.84. The third-order valence-corrected chi connectivity index (χ3v) is 4.21. The van der Waals surface area contributed by atoms with E-state index in [1.807, 2.05) is 0 Å². The number of nitrogens with one attached hydrogen (secondary N) is 1. The molecule has 0 unspecified atom stereocenters. The molecule has 0 amide bonds. The smallest absolute Gasteiger partial charge is 0.0771 e. The van der Waals surface area contributed by atoms with Crippen molar-refractivity contribution < 1.29 is 10.2 Å². The van der Waals surface area contributed by atoms with Crippen LogP contribution >= 0.6 is 0 Å². The zero-order valence-corrected chi connectivity index (χ0v) is 10.1. The Balaban J connectivity index is 1.76. The van der Waals surface area contributed by atoms with E-state index < -0.39 is 5.60 Å². The lowest BCUT2D eigenvalue weighted by Crippen LogP contribution is -2.50. The van der Waals surface area contributed by atoms with Gasteiger partial charge < -0.3 is 15.5 Å².